The van der Waals surface area contributed by atoms with Crippen molar-refractivity contribution in [1.82, 2.24) is 0 Å². The van der Waals surface area contributed by atoms with Gasteiger partial charge in [-0.05, 0) is 24.3 Å². The van der Waals surface area contributed by atoms with Crippen LogP contribution in [0.2, 0.25) is 0 Å². The fourth-order valence-corrected chi connectivity index (χ4v) is 2.70. The number of anilines is 1. The second-order valence-electron chi connectivity index (χ2n) is 4.39. The van der Waals surface area contributed by atoms with Gasteiger partial charge in [0.2, 0.25) is 5.91 Å². The van der Waals surface area contributed by atoms with Gasteiger partial charge >= 0.3 is 0 Å². The Morgan fingerprint density at radius 1 is 1.05 bits per heavy atom. The number of carbonyl (C=O) groups is 1. The highest BCUT2D eigenvalue weighted by Crippen LogP contribution is 2.20. The molecule has 21 heavy (non-hydrogen) atoms. The predicted octanol–water partition coefficient (Wildman–Crippen LogP) is 3.73. The van der Waals surface area contributed by atoms with Crippen LogP contribution < -0.4 is 4.90 Å². The van der Waals surface area contributed by atoms with E-state index in [1.54, 1.807) is 4.90 Å². The highest BCUT2D eigenvalue weighted by atomic mass is 32.2. The number of hydrogen-bond donors (Lipinski definition) is 0. The molecule has 106 valence electrons. The molecule has 0 aromatic heterocycles. The van der Waals surface area contributed by atoms with Crippen molar-refractivity contribution in [3.05, 3.63) is 60.7 Å². The van der Waals surface area contributed by atoms with Crippen LogP contribution in [0.25, 0.3) is 0 Å². The largest absolute Gasteiger partial charge is 0.311 e. The average molecular weight is 296 g/mol. The highest BCUT2D eigenvalue weighted by Gasteiger charge is 2.15. The molecule has 0 spiro atoms. The van der Waals surface area contributed by atoms with Crippen LogP contribution >= 0.6 is 11.8 Å². The second kappa shape index (κ2) is 8.13. The number of thioether (sulfide) groups is 1. The van der Waals surface area contributed by atoms with E-state index in [0.29, 0.717) is 18.7 Å². The first-order chi connectivity index (χ1) is 10.3. The molecule has 0 saturated heterocycles. The molecule has 0 aliphatic rings. The van der Waals surface area contributed by atoms with E-state index in [-0.39, 0.29) is 5.91 Å². The summed E-state index contributed by atoms with van der Waals surface area (Å²) in [7, 11) is 0. The van der Waals surface area contributed by atoms with Crippen molar-refractivity contribution in [2.24, 2.45) is 0 Å². The van der Waals surface area contributed by atoms with E-state index >= 15 is 0 Å². The third kappa shape index (κ3) is 4.66. The van der Waals surface area contributed by atoms with Crippen LogP contribution in [0.1, 0.15) is 6.42 Å². The molecular formula is C17H16N2OS. The lowest BCUT2D eigenvalue weighted by Gasteiger charge is -2.21. The first-order valence-corrected chi connectivity index (χ1v) is 7.70. The van der Waals surface area contributed by atoms with Gasteiger partial charge in [-0.1, -0.05) is 36.4 Å². The minimum absolute atomic E-state index is 0.0188. The number of hydrogen-bond acceptors (Lipinski definition) is 3. The molecule has 0 unspecified atom stereocenters. The summed E-state index contributed by atoms with van der Waals surface area (Å²) in [6.07, 6.45) is 0.330. The van der Waals surface area contributed by atoms with E-state index in [1.165, 1.54) is 11.8 Å². The zero-order chi connectivity index (χ0) is 14.9. The standard InChI is InChI=1S/C17H16N2OS/c18-12-7-13-19(15-8-3-1-4-9-15)17(20)14-21-16-10-5-2-6-11-16/h1-6,8-11H,7,13-14H2. The van der Waals surface area contributed by atoms with Gasteiger partial charge in [0.1, 0.15) is 0 Å². The van der Waals surface area contributed by atoms with Crippen LogP contribution in [0, 0.1) is 11.3 Å². The molecular weight excluding hydrogens is 280 g/mol. The van der Waals surface area contributed by atoms with Gasteiger partial charge in [-0.15, -0.1) is 11.8 Å². The lowest BCUT2D eigenvalue weighted by molar-refractivity contribution is -0.116. The molecule has 0 bridgehead atoms. The SMILES string of the molecule is N#CCCN(C(=O)CSc1ccccc1)c1ccccc1. The van der Waals surface area contributed by atoms with Gasteiger partial charge in [-0.3, -0.25) is 4.79 Å². The van der Waals surface area contributed by atoms with Crippen molar-refractivity contribution in [2.75, 3.05) is 17.2 Å². The van der Waals surface area contributed by atoms with Gasteiger partial charge in [0.25, 0.3) is 0 Å². The summed E-state index contributed by atoms with van der Waals surface area (Å²) >= 11 is 1.51. The zero-order valence-electron chi connectivity index (χ0n) is 11.6. The third-order valence-electron chi connectivity index (χ3n) is 2.92. The van der Waals surface area contributed by atoms with Gasteiger partial charge in [0.15, 0.2) is 0 Å². The van der Waals surface area contributed by atoms with Crippen LogP contribution in [0.4, 0.5) is 5.69 Å². The number of nitriles is 1. The zero-order valence-corrected chi connectivity index (χ0v) is 12.4. The van der Waals surface area contributed by atoms with Crippen molar-refractivity contribution in [3.8, 4) is 6.07 Å². The summed E-state index contributed by atoms with van der Waals surface area (Å²) in [5, 5.41) is 8.76. The number of carbonyl (C=O) groups excluding carboxylic acids is 1. The van der Waals surface area contributed by atoms with Crippen LogP contribution in [-0.2, 0) is 4.79 Å². The quantitative estimate of drug-likeness (QED) is 0.763. The summed E-state index contributed by atoms with van der Waals surface area (Å²) in [6.45, 7) is 0.425. The monoisotopic (exact) mass is 296 g/mol. The smallest absolute Gasteiger partial charge is 0.237 e. The van der Waals surface area contributed by atoms with Crippen molar-refractivity contribution >= 4 is 23.4 Å². The Labute approximate surface area is 129 Å². The highest BCUT2D eigenvalue weighted by molar-refractivity contribution is 8.00. The van der Waals surface area contributed by atoms with E-state index in [2.05, 4.69) is 6.07 Å². The molecule has 2 rings (SSSR count). The maximum absolute atomic E-state index is 12.4. The predicted molar refractivity (Wildman–Crippen MR) is 86.2 cm³/mol. The number of nitrogens with zero attached hydrogens (tertiary/aromatic N) is 2. The first-order valence-electron chi connectivity index (χ1n) is 6.71. The topological polar surface area (TPSA) is 44.1 Å². The molecule has 3 nitrogen and oxygen atoms in total. The van der Waals surface area contributed by atoms with E-state index in [1.807, 2.05) is 60.7 Å². The van der Waals surface area contributed by atoms with E-state index in [9.17, 15) is 4.79 Å². The molecule has 0 N–H and O–H groups in total. The minimum atomic E-state index is 0.0188. The van der Waals surface area contributed by atoms with Crippen LogP contribution in [-0.4, -0.2) is 18.2 Å². The lowest BCUT2D eigenvalue weighted by Crippen LogP contribution is -2.33. The van der Waals surface area contributed by atoms with E-state index in [4.69, 9.17) is 5.26 Å². The number of benzene rings is 2. The summed E-state index contributed by atoms with van der Waals surface area (Å²) in [5.41, 5.74) is 0.839. The molecule has 0 heterocycles. The van der Waals surface area contributed by atoms with Crippen LogP contribution in [0.5, 0.6) is 0 Å². The number of rotatable bonds is 6. The van der Waals surface area contributed by atoms with Crippen molar-refractivity contribution in [3.63, 3.8) is 0 Å². The molecule has 0 radical (unpaired) electrons. The number of para-hydroxylation sites is 1. The molecule has 2 aromatic rings. The summed E-state index contributed by atoms with van der Waals surface area (Å²) in [4.78, 5) is 15.2. The van der Waals surface area contributed by atoms with Crippen molar-refractivity contribution in [2.45, 2.75) is 11.3 Å². The Bertz CT molecular complexity index is 608. The van der Waals surface area contributed by atoms with Gasteiger partial charge in [-0.2, -0.15) is 5.26 Å². The molecule has 4 heteroatoms. The molecule has 2 aromatic carbocycles. The van der Waals surface area contributed by atoms with Gasteiger partial charge < -0.3 is 4.90 Å². The first kappa shape index (κ1) is 15.1. The summed E-state index contributed by atoms with van der Waals surface area (Å²) in [5.74, 6) is 0.384. The molecule has 1 amide bonds. The summed E-state index contributed by atoms with van der Waals surface area (Å²) < 4.78 is 0. The molecule has 0 saturated carbocycles. The van der Waals surface area contributed by atoms with Crippen molar-refractivity contribution < 1.29 is 4.79 Å². The van der Waals surface area contributed by atoms with Gasteiger partial charge in [-0.25, -0.2) is 0 Å². The molecule has 0 aliphatic carbocycles. The molecule has 0 aliphatic heterocycles. The normalized spacial score (nSPS) is 9.86. The van der Waals surface area contributed by atoms with Crippen LogP contribution in [0.15, 0.2) is 65.6 Å². The lowest BCUT2D eigenvalue weighted by atomic mass is 10.2. The third-order valence-corrected chi connectivity index (χ3v) is 3.92. The number of amides is 1. The Kier molecular flexibility index (Phi) is 5.86. The molecule has 0 atom stereocenters. The van der Waals surface area contributed by atoms with Crippen LogP contribution in [0.3, 0.4) is 0 Å². The Hall–Kier alpha value is -2.25. The maximum atomic E-state index is 12.4. The fraction of sp³-hybridized carbons (Fsp3) is 0.176. The maximum Gasteiger partial charge on any atom is 0.237 e. The van der Waals surface area contributed by atoms with Gasteiger partial charge in [0.05, 0.1) is 18.2 Å². The van der Waals surface area contributed by atoms with Gasteiger partial charge in [0, 0.05) is 17.1 Å². The second-order valence-corrected chi connectivity index (χ2v) is 5.44. The average Bonchev–Trinajstić information content (AvgIpc) is 2.55. The van der Waals surface area contributed by atoms with E-state index < -0.39 is 0 Å². The fourth-order valence-electron chi connectivity index (χ4n) is 1.91. The van der Waals surface area contributed by atoms with E-state index in [0.717, 1.165) is 10.6 Å². The summed E-state index contributed by atoms with van der Waals surface area (Å²) in [6, 6.07) is 21.4. The van der Waals surface area contributed by atoms with Crippen molar-refractivity contribution in [1.29, 1.82) is 5.26 Å². The molecule has 0 fully saturated rings. The Morgan fingerprint density at radius 2 is 1.67 bits per heavy atom. The Balaban J connectivity index is 2.03. The Morgan fingerprint density at radius 3 is 2.29 bits per heavy atom. The minimum Gasteiger partial charge on any atom is -0.311 e.